The van der Waals surface area contributed by atoms with E-state index in [9.17, 15) is 14.0 Å². The van der Waals surface area contributed by atoms with Gasteiger partial charge in [0.25, 0.3) is 5.91 Å². The van der Waals surface area contributed by atoms with Crippen LogP contribution in [-0.4, -0.2) is 25.2 Å². The molecule has 0 saturated carbocycles. The lowest BCUT2D eigenvalue weighted by Crippen LogP contribution is -2.18. The fraction of sp³-hybridized carbons (Fsp3) is 0.0455. The van der Waals surface area contributed by atoms with E-state index < -0.39 is 17.7 Å². The first-order chi connectivity index (χ1) is 14.5. The molecule has 152 valence electrons. The van der Waals surface area contributed by atoms with Crippen molar-refractivity contribution in [1.29, 1.82) is 0 Å². The molecular formula is C22H16ClFN2O4. The van der Waals surface area contributed by atoms with Gasteiger partial charge in [-0.15, -0.1) is 0 Å². The van der Waals surface area contributed by atoms with Gasteiger partial charge in [-0.3, -0.25) is 4.79 Å². The molecule has 0 fully saturated rings. The number of esters is 1. The van der Waals surface area contributed by atoms with Crippen molar-refractivity contribution in [2.24, 2.45) is 5.10 Å². The summed E-state index contributed by atoms with van der Waals surface area (Å²) in [4.78, 5) is 24.2. The van der Waals surface area contributed by atoms with Crippen molar-refractivity contribution in [3.63, 3.8) is 0 Å². The van der Waals surface area contributed by atoms with Gasteiger partial charge < -0.3 is 9.47 Å². The fourth-order valence-corrected chi connectivity index (χ4v) is 2.59. The highest BCUT2D eigenvalue weighted by Gasteiger charge is 2.13. The van der Waals surface area contributed by atoms with Crippen LogP contribution < -0.4 is 14.9 Å². The van der Waals surface area contributed by atoms with Crippen molar-refractivity contribution in [3.05, 3.63) is 94.3 Å². The number of hydrazone groups is 1. The molecule has 0 aliphatic carbocycles. The Bertz CT molecular complexity index is 1100. The minimum Gasteiger partial charge on any atom is -0.493 e. The summed E-state index contributed by atoms with van der Waals surface area (Å²) >= 11 is 5.82. The van der Waals surface area contributed by atoms with Crippen LogP contribution in [0.1, 0.15) is 26.3 Å². The zero-order chi connectivity index (χ0) is 21.5. The molecule has 0 radical (unpaired) electrons. The summed E-state index contributed by atoms with van der Waals surface area (Å²) in [6, 6.07) is 16.6. The standard InChI is InChI=1S/C22H16ClFN2O4/c1-29-20-12-14(13-25-26-21(27)17-4-2-3-5-18(17)24)6-11-19(20)30-22(28)15-7-9-16(23)10-8-15/h2-13H,1H3,(H,26,27). The zero-order valence-corrected chi connectivity index (χ0v) is 16.5. The van der Waals surface area contributed by atoms with Gasteiger partial charge in [0.05, 0.1) is 24.5 Å². The van der Waals surface area contributed by atoms with Crippen molar-refractivity contribution in [2.75, 3.05) is 7.11 Å². The lowest BCUT2D eigenvalue weighted by Gasteiger charge is -2.10. The Morgan fingerprint density at radius 1 is 1.03 bits per heavy atom. The predicted octanol–water partition coefficient (Wildman–Crippen LogP) is 4.47. The Hall–Kier alpha value is -3.71. The van der Waals surface area contributed by atoms with Crippen LogP contribution in [0, 0.1) is 5.82 Å². The number of methoxy groups -OCH3 is 1. The monoisotopic (exact) mass is 426 g/mol. The van der Waals surface area contributed by atoms with Crippen LogP contribution in [0.25, 0.3) is 0 Å². The van der Waals surface area contributed by atoms with Gasteiger partial charge in [0, 0.05) is 5.02 Å². The molecule has 0 atom stereocenters. The Kier molecular flexibility index (Phi) is 6.77. The number of amides is 1. The fourth-order valence-electron chi connectivity index (χ4n) is 2.46. The number of rotatable bonds is 6. The average Bonchev–Trinajstić information content (AvgIpc) is 2.75. The number of benzene rings is 3. The predicted molar refractivity (Wildman–Crippen MR) is 111 cm³/mol. The quantitative estimate of drug-likeness (QED) is 0.273. The summed E-state index contributed by atoms with van der Waals surface area (Å²) in [7, 11) is 1.43. The van der Waals surface area contributed by atoms with Crippen molar-refractivity contribution < 1.29 is 23.5 Å². The van der Waals surface area contributed by atoms with Crippen LogP contribution in [0.15, 0.2) is 71.8 Å². The molecule has 3 aromatic rings. The molecule has 30 heavy (non-hydrogen) atoms. The van der Waals surface area contributed by atoms with Crippen molar-refractivity contribution in [2.45, 2.75) is 0 Å². The Morgan fingerprint density at radius 3 is 2.47 bits per heavy atom. The molecule has 0 aliphatic rings. The van der Waals surface area contributed by atoms with Gasteiger partial charge in [0.2, 0.25) is 0 Å². The zero-order valence-electron chi connectivity index (χ0n) is 15.8. The van der Waals surface area contributed by atoms with Crippen molar-refractivity contribution in [1.82, 2.24) is 5.43 Å². The normalized spacial score (nSPS) is 10.6. The highest BCUT2D eigenvalue weighted by atomic mass is 35.5. The van der Waals surface area contributed by atoms with Crippen LogP contribution in [0.3, 0.4) is 0 Å². The molecule has 0 unspecified atom stereocenters. The van der Waals surface area contributed by atoms with Crippen LogP contribution in [-0.2, 0) is 0 Å². The number of nitrogens with zero attached hydrogens (tertiary/aromatic N) is 1. The van der Waals surface area contributed by atoms with Gasteiger partial charge in [0.1, 0.15) is 5.82 Å². The van der Waals surface area contributed by atoms with E-state index in [1.807, 2.05) is 0 Å². The number of hydrogen-bond donors (Lipinski definition) is 1. The van der Waals surface area contributed by atoms with Gasteiger partial charge in [-0.2, -0.15) is 5.10 Å². The maximum Gasteiger partial charge on any atom is 0.343 e. The minimum atomic E-state index is -0.676. The molecule has 0 aliphatic heterocycles. The number of ether oxygens (including phenoxy) is 2. The second-order valence-electron chi connectivity index (χ2n) is 5.99. The highest BCUT2D eigenvalue weighted by molar-refractivity contribution is 6.30. The first-order valence-electron chi connectivity index (χ1n) is 8.71. The first kappa shape index (κ1) is 21.0. The molecule has 8 heteroatoms. The summed E-state index contributed by atoms with van der Waals surface area (Å²) in [5.41, 5.74) is 3.04. The van der Waals surface area contributed by atoms with E-state index in [2.05, 4.69) is 10.5 Å². The molecule has 1 N–H and O–H groups in total. The second kappa shape index (κ2) is 9.67. The highest BCUT2D eigenvalue weighted by Crippen LogP contribution is 2.28. The Morgan fingerprint density at radius 2 is 1.77 bits per heavy atom. The molecule has 0 aromatic heterocycles. The third-order valence-corrected chi connectivity index (χ3v) is 4.22. The van der Waals surface area contributed by atoms with E-state index in [1.165, 1.54) is 37.6 Å². The van der Waals surface area contributed by atoms with Crippen LogP contribution >= 0.6 is 11.6 Å². The number of carbonyl (C=O) groups excluding carboxylic acids is 2. The van der Waals surface area contributed by atoms with Gasteiger partial charge in [-0.05, 0) is 60.2 Å². The molecule has 0 bridgehead atoms. The van der Waals surface area contributed by atoms with E-state index in [0.717, 1.165) is 0 Å². The maximum atomic E-state index is 13.6. The molecule has 6 nitrogen and oxygen atoms in total. The third-order valence-electron chi connectivity index (χ3n) is 3.97. The van der Waals surface area contributed by atoms with Gasteiger partial charge >= 0.3 is 5.97 Å². The molecule has 0 saturated heterocycles. The smallest absolute Gasteiger partial charge is 0.343 e. The summed E-state index contributed by atoms with van der Waals surface area (Å²) in [5, 5.41) is 4.32. The lowest BCUT2D eigenvalue weighted by molar-refractivity contribution is 0.0729. The topological polar surface area (TPSA) is 77.0 Å². The SMILES string of the molecule is COc1cc(C=NNC(=O)c2ccccc2F)ccc1OC(=O)c1ccc(Cl)cc1. The van der Waals surface area contributed by atoms with Gasteiger partial charge in [-0.25, -0.2) is 14.6 Å². The van der Waals surface area contributed by atoms with E-state index >= 15 is 0 Å². The van der Waals surface area contributed by atoms with Crippen molar-refractivity contribution >= 4 is 29.7 Å². The second-order valence-corrected chi connectivity index (χ2v) is 6.42. The molecule has 3 rings (SSSR count). The summed E-state index contributed by atoms with van der Waals surface area (Å²) < 4.78 is 24.2. The summed E-state index contributed by atoms with van der Waals surface area (Å²) in [6.07, 6.45) is 1.35. The first-order valence-corrected chi connectivity index (χ1v) is 9.09. The van der Waals surface area contributed by atoms with Crippen molar-refractivity contribution in [3.8, 4) is 11.5 Å². The van der Waals surface area contributed by atoms with E-state index in [4.69, 9.17) is 21.1 Å². The number of halogens is 2. The van der Waals surface area contributed by atoms with E-state index in [-0.39, 0.29) is 11.3 Å². The molecule has 3 aromatic carbocycles. The molecule has 1 amide bonds. The summed E-state index contributed by atoms with van der Waals surface area (Å²) in [6.45, 7) is 0. The average molecular weight is 427 g/mol. The van der Waals surface area contributed by atoms with Crippen LogP contribution in [0.2, 0.25) is 5.02 Å². The number of nitrogens with one attached hydrogen (secondary N) is 1. The van der Waals surface area contributed by atoms with Gasteiger partial charge in [-0.1, -0.05) is 23.7 Å². The van der Waals surface area contributed by atoms with Crippen LogP contribution in [0.4, 0.5) is 4.39 Å². The molecule has 0 spiro atoms. The number of carbonyl (C=O) groups is 2. The number of hydrogen-bond acceptors (Lipinski definition) is 5. The Labute approximate surface area is 176 Å². The van der Waals surface area contributed by atoms with E-state index in [1.54, 1.807) is 42.5 Å². The summed E-state index contributed by atoms with van der Waals surface area (Å²) in [5.74, 6) is -1.38. The third kappa shape index (κ3) is 5.21. The van der Waals surface area contributed by atoms with E-state index in [0.29, 0.717) is 21.9 Å². The molecular weight excluding hydrogens is 411 g/mol. The van der Waals surface area contributed by atoms with Gasteiger partial charge in [0.15, 0.2) is 11.5 Å². The minimum absolute atomic E-state index is 0.114. The largest absolute Gasteiger partial charge is 0.493 e. The maximum absolute atomic E-state index is 13.6. The lowest BCUT2D eigenvalue weighted by atomic mass is 10.2. The van der Waals surface area contributed by atoms with Crippen LogP contribution in [0.5, 0.6) is 11.5 Å². The molecule has 0 heterocycles. The Balaban J connectivity index is 1.68.